The standard InChI is InChI=1S/C22H28N4O4/c23-25-21(27)12-19-22(28)24-9-10-26(19)13-18-17-6-2-1-4-15(17)7-8-20(18)30-14-16-5-3-11-29-16/h1-2,4,6-8,16,19H,3,5,9-14,23H2,(H,24,28)(H,25,27). The number of rotatable bonds is 7. The zero-order valence-electron chi connectivity index (χ0n) is 16.9. The van der Waals surface area contributed by atoms with Gasteiger partial charge >= 0.3 is 0 Å². The summed E-state index contributed by atoms with van der Waals surface area (Å²) >= 11 is 0. The zero-order valence-corrected chi connectivity index (χ0v) is 16.9. The van der Waals surface area contributed by atoms with Crippen molar-refractivity contribution in [2.24, 2.45) is 5.84 Å². The predicted molar refractivity (Wildman–Crippen MR) is 113 cm³/mol. The van der Waals surface area contributed by atoms with Crippen LogP contribution in [0.5, 0.6) is 5.75 Å². The van der Waals surface area contributed by atoms with E-state index in [9.17, 15) is 9.59 Å². The van der Waals surface area contributed by atoms with Crippen LogP contribution in [0.15, 0.2) is 36.4 Å². The van der Waals surface area contributed by atoms with Crippen LogP contribution in [0.3, 0.4) is 0 Å². The van der Waals surface area contributed by atoms with Crippen molar-refractivity contribution in [3.05, 3.63) is 42.0 Å². The van der Waals surface area contributed by atoms with Crippen LogP contribution in [0.25, 0.3) is 10.8 Å². The first kappa shape index (κ1) is 20.6. The van der Waals surface area contributed by atoms with Gasteiger partial charge in [0.2, 0.25) is 11.8 Å². The van der Waals surface area contributed by atoms with Crippen LogP contribution in [0, 0.1) is 0 Å². The molecule has 2 heterocycles. The first-order chi connectivity index (χ1) is 14.7. The molecule has 2 saturated heterocycles. The second-order valence-electron chi connectivity index (χ2n) is 7.76. The molecule has 0 bridgehead atoms. The van der Waals surface area contributed by atoms with E-state index < -0.39 is 6.04 Å². The smallest absolute Gasteiger partial charge is 0.237 e. The van der Waals surface area contributed by atoms with Gasteiger partial charge in [-0.2, -0.15) is 0 Å². The van der Waals surface area contributed by atoms with Crippen LogP contribution in [0.2, 0.25) is 0 Å². The molecule has 2 aromatic rings. The van der Waals surface area contributed by atoms with Gasteiger partial charge in [0, 0.05) is 31.8 Å². The summed E-state index contributed by atoms with van der Waals surface area (Å²) < 4.78 is 11.9. The summed E-state index contributed by atoms with van der Waals surface area (Å²) in [5.74, 6) is 5.51. The van der Waals surface area contributed by atoms with E-state index >= 15 is 0 Å². The molecule has 2 fully saturated rings. The van der Waals surface area contributed by atoms with E-state index in [0.717, 1.165) is 41.5 Å². The minimum atomic E-state index is -0.577. The Labute approximate surface area is 175 Å². The van der Waals surface area contributed by atoms with Crippen molar-refractivity contribution in [1.82, 2.24) is 15.6 Å². The second kappa shape index (κ2) is 9.42. The van der Waals surface area contributed by atoms with Crippen molar-refractivity contribution >= 4 is 22.6 Å². The highest BCUT2D eigenvalue weighted by molar-refractivity contribution is 5.89. The van der Waals surface area contributed by atoms with Crippen LogP contribution >= 0.6 is 0 Å². The van der Waals surface area contributed by atoms with E-state index in [4.69, 9.17) is 15.3 Å². The maximum atomic E-state index is 12.5. The van der Waals surface area contributed by atoms with Gasteiger partial charge in [-0.3, -0.25) is 19.9 Å². The molecule has 2 aliphatic heterocycles. The maximum absolute atomic E-state index is 12.5. The largest absolute Gasteiger partial charge is 0.491 e. The third-order valence-electron chi connectivity index (χ3n) is 5.79. The Balaban J connectivity index is 1.62. The molecule has 2 atom stereocenters. The number of carbonyl (C=O) groups excluding carboxylic acids is 2. The Bertz CT molecular complexity index is 913. The summed E-state index contributed by atoms with van der Waals surface area (Å²) in [7, 11) is 0. The summed E-state index contributed by atoms with van der Waals surface area (Å²) in [6.45, 7) is 2.97. The van der Waals surface area contributed by atoms with Crippen molar-refractivity contribution in [3.63, 3.8) is 0 Å². The molecule has 0 aromatic heterocycles. The number of ether oxygens (including phenoxy) is 2. The van der Waals surface area contributed by atoms with Crippen molar-refractivity contribution < 1.29 is 19.1 Å². The van der Waals surface area contributed by atoms with Gasteiger partial charge in [0.25, 0.3) is 0 Å². The fraction of sp³-hybridized carbons (Fsp3) is 0.455. The van der Waals surface area contributed by atoms with Gasteiger partial charge in [0.15, 0.2) is 0 Å². The number of hydrazine groups is 1. The van der Waals surface area contributed by atoms with Gasteiger partial charge in [-0.25, -0.2) is 5.84 Å². The molecule has 8 heteroatoms. The summed E-state index contributed by atoms with van der Waals surface area (Å²) in [6, 6.07) is 11.6. The van der Waals surface area contributed by atoms with Gasteiger partial charge in [-0.05, 0) is 29.7 Å². The molecule has 2 unspecified atom stereocenters. The van der Waals surface area contributed by atoms with Crippen molar-refractivity contribution in [1.29, 1.82) is 0 Å². The highest BCUT2D eigenvalue weighted by Crippen LogP contribution is 2.31. The van der Waals surface area contributed by atoms with Crippen LogP contribution in [0.4, 0.5) is 0 Å². The third-order valence-corrected chi connectivity index (χ3v) is 5.79. The summed E-state index contributed by atoms with van der Waals surface area (Å²) in [4.78, 5) is 26.4. The number of benzene rings is 2. The van der Waals surface area contributed by atoms with Gasteiger partial charge in [-0.15, -0.1) is 0 Å². The number of amides is 2. The minimum absolute atomic E-state index is 0.0131. The molecule has 8 nitrogen and oxygen atoms in total. The van der Waals surface area contributed by atoms with Crippen LogP contribution < -0.4 is 21.3 Å². The van der Waals surface area contributed by atoms with E-state index in [2.05, 4.69) is 22.9 Å². The second-order valence-corrected chi connectivity index (χ2v) is 7.76. The monoisotopic (exact) mass is 412 g/mol. The lowest BCUT2D eigenvalue weighted by atomic mass is 10.0. The Hall–Kier alpha value is -2.68. The van der Waals surface area contributed by atoms with Crippen molar-refractivity contribution in [2.45, 2.75) is 38.0 Å². The fourth-order valence-corrected chi connectivity index (χ4v) is 4.18. The maximum Gasteiger partial charge on any atom is 0.237 e. The summed E-state index contributed by atoms with van der Waals surface area (Å²) in [5, 5.41) is 5.03. The molecule has 4 rings (SSSR count). The Kier molecular flexibility index (Phi) is 6.47. The molecular weight excluding hydrogens is 384 g/mol. The van der Waals surface area contributed by atoms with E-state index in [1.165, 1.54) is 0 Å². The minimum Gasteiger partial charge on any atom is -0.491 e. The topological polar surface area (TPSA) is 106 Å². The number of hydrogen-bond donors (Lipinski definition) is 3. The summed E-state index contributed by atoms with van der Waals surface area (Å²) in [6.07, 6.45) is 2.20. The molecule has 2 aliphatic rings. The molecule has 0 aliphatic carbocycles. The predicted octanol–water partition coefficient (Wildman–Crippen LogP) is 1.08. The molecule has 0 saturated carbocycles. The van der Waals surface area contributed by atoms with E-state index in [0.29, 0.717) is 26.2 Å². The number of hydrogen-bond acceptors (Lipinski definition) is 6. The Morgan fingerprint density at radius 2 is 2.17 bits per heavy atom. The van der Waals surface area contributed by atoms with E-state index in [-0.39, 0.29) is 24.3 Å². The highest BCUT2D eigenvalue weighted by Gasteiger charge is 2.32. The number of nitrogens with two attached hydrogens (primary N) is 1. The number of nitrogens with one attached hydrogen (secondary N) is 2. The van der Waals surface area contributed by atoms with Gasteiger partial charge < -0.3 is 14.8 Å². The molecule has 2 aromatic carbocycles. The van der Waals surface area contributed by atoms with E-state index in [1.807, 2.05) is 29.2 Å². The molecule has 2 amide bonds. The molecule has 4 N–H and O–H groups in total. The van der Waals surface area contributed by atoms with Crippen molar-refractivity contribution in [2.75, 3.05) is 26.3 Å². The van der Waals surface area contributed by atoms with Crippen molar-refractivity contribution in [3.8, 4) is 5.75 Å². The van der Waals surface area contributed by atoms with Crippen LogP contribution in [0.1, 0.15) is 24.8 Å². The van der Waals surface area contributed by atoms with Crippen LogP contribution in [-0.2, 0) is 20.9 Å². The molecule has 0 radical (unpaired) electrons. The molecule has 0 spiro atoms. The zero-order chi connectivity index (χ0) is 20.9. The average molecular weight is 412 g/mol. The average Bonchev–Trinajstić information content (AvgIpc) is 3.29. The molecule has 160 valence electrons. The van der Waals surface area contributed by atoms with Crippen LogP contribution in [-0.4, -0.2) is 55.2 Å². The Morgan fingerprint density at radius 3 is 2.97 bits per heavy atom. The lowest BCUT2D eigenvalue weighted by Crippen LogP contribution is -2.56. The third kappa shape index (κ3) is 4.56. The first-order valence-electron chi connectivity index (χ1n) is 10.4. The molecule has 30 heavy (non-hydrogen) atoms. The fourth-order valence-electron chi connectivity index (χ4n) is 4.18. The van der Waals surface area contributed by atoms with Gasteiger partial charge in [-0.1, -0.05) is 30.3 Å². The van der Waals surface area contributed by atoms with Gasteiger partial charge in [0.1, 0.15) is 12.4 Å². The SMILES string of the molecule is NNC(=O)CC1C(=O)NCCN1Cc1c(OCC2CCCO2)ccc2ccccc12. The lowest BCUT2D eigenvalue weighted by Gasteiger charge is -2.35. The number of carbonyl (C=O) groups is 2. The molecular formula is C22H28N4O4. The summed E-state index contributed by atoms with van der Waals surface area (Å²) in [5.41, 5.74) is 3.14. The normalized spacial score (nSPS) is 22.1. The number of fused-ring (bicyclic) bond motifs is 1. The van der Waals surface area contributed by atoms with E-state index in [1.54, 1.807) is 0 Å². The lowest BCUT2D eigenvalue weighted by molar-refractivity contribution is -0.134. The number of nitrogens with zero attached hydrogens (tertiary/aromatic N) is 1. The quantitative estimate of drug-likeness (QED) is 0.357. The first-order valence-corrected chi connectivity index (χ1v) is 10.4. The Morgan fingerprint density at radius 1 is 1.30 bits per heavy atom. The highest BCUT2D eigenvalue weighted by atomic mass is 16.5. The number of piperazine rings is 1. The van der Waals surface area contributed by atoms with Gasteiger partial charge in [0.05, 0.1) is 18.6 Å².